The number of aryl methyl sites for hydroxylation is 1. The van der Waals surface area contributed by atoms with Crippen LogP contribution >= 0.6 is 0 Å². The van der Waals surface area contributed by atoms with E-state index in [0.717, 1.165) is 5.56 Å². The predicted octanol–water partition coefficient (Wildman–Crippen LogP) is 1.97. The highest BCUT2D eigenvalue weighted by Gasteiger charge is 2.35. The summed E-state index contributed by atoms with van der Waals surface area (Å²) < 4.78 is 36.8. The molecule has 0 radical (unpaired) electrons. The van der Waals surface area contributed by atoms with Crippen LogP contribution in [-0.2, 0) is 23.6 Å². The minimum atomic E-state index is -4.04. The maximum absolute atomic E-state index is 13.6. The van der Waals surface area contributed by atoms with E-state index in [1.165, 1.54) is 17.1 Å². The normalized spacial score (nSPS) is 18.9. The van der Waals surface area contributed by atoms with E-state index in [9.17, 15) is 18.3 Å². The van der Waals surface area contributed by atoms with Gasteiger partial charge in [-0.1, -0.05) is 13.0 Å². The predicted molar refractivity (Wildman–Crippen MR) is 142 cm³/mol. The van der Waals surface area contributed by atoms with Crippen molar-refractivity contribution in [3.05, 3.63) is 66.4 Å². The molecule has 0 fully saturated rings. The van der Waals surface area contributed by atoms with Crippen molar-refractivity contribution in [2.75, 3.05) is 31.5 Å². The lowest BCUT2D eigenvalue weighted by Gasteiger charge is -2.38. The van der Waals surface area contributed by atoms with Gasteiger partial charge in [-0.05, 0) is 43.8 Å². The number of hydrogen-bond donors (Lipinski definition) is 2. The zero-order valence-electron chi connectivity index (χ0n) is 22.0. The van der Waals surface area contributed by atoms with Crippen molar-refractivity contribution < 1.29 is 23.1 Å². The lowest BCUT2D eigenvalue weighted by Crippen LogP contribution is -2.49. The van der Waals surface area contributed by atoms with Crippen LogP contribution in [0.25, 0.3) is 0 Å². The molecule has 0 bridgehead atoms. The van der Waals surface area contributed by atoms with Gasteiger partial charge in [0.2, 0.25) is 0 Å². The van der Waals surface area contributed by atoms with E-state index in [1.807, 2.05) is 26.1 Å². The van der Waals surface area contributed by atoms with Crippen LogP contribution in [0.4, 0.5) is 5.69 Å². The van der Waals surface area contributed by atoms with Crippen LogP contribution in [0.3, 0.4) is 0 Å². The molecule has 12 heteroatoms. The molecule has 0 unspecified atom stereocenters. The molecule has 4 rings (SSSR count). The number of imidazole rings is 1. The summed E-state index contributed by atoms with van der Waals surface area (Å²) in [6.07, 6.45) is 5.89. The zero-order valence-corrected chi connectivity index (χ0v) is 22.8. The molecule has 1 aromatic carbocycles. The largest absolute Gasteiger partial charge is 0.486 e. The first kappa shape index (κ1) is 27.6. The fourth-order valence-electron chi connectivity index (χ4n) is 4.44. The highest BCUT2D eigenvalue weighted by Crippen LogP contribution is 2.36. The number of pyridine rings is 1. The quantitative estimate of drug-likeness (QED) is 0.420. The summed E-state index contributed by atoms with van der Waals surface area (Å²) in [4.78, 5) is 25.4. The summed E-state index contributed by atoms with van der Waals surface area (Å²) in [7, 11) is -0.382. The molecule has 3 atom stereocenters. The number of likely N-dealkylation sites (N-methyl/N-ethyl adjacent to an activating group) is 1. The van der Waals surface area contributed by atoms with Crippen molar-refractivity contribution in [3.8, 4) is 5.75 Å². The Morgan fingerprint density at radius 3 is 2.66 bits per heavy atom. The number of amides is 1. The molecule has 3 heterocycles. The first-order valence-corrected chi connectivity index (χ1v) is 13.9. The minimum absolute atomic E-state index is 0.124. The smallest absolute Gasteiger partial charge is 0.281 e. The summed E-state index contributed by atoms with van der Waals surface area (Å²) in [6, 6.07) is 8.25. The average molecular weight is 543 g/mol. The van der Waals surface area contributed by atoms with Crippen LogP contribution < -0.4 is 9.46 Å². The summed E-state index contributed by atoms with van der Waals surface area (Å²) in [5, 5.41) is 9.73. The minimum Gasteiger partial charge on any atom is -0.486 e. The van der Waals surface area contributed by atoms with Gasteiger partial charge < -0.3 is 19.3 Å². The second-order valence-electron chi connectivity index (χ2n) is 9.84. The number of hydrogen-bond acceptors (Lipinski definition) is 8. The van der Waals surface area contributed by atoms with Gasteiger partial charge in [-0.3, -0.25) is 19.4 Å². The van der Waals surface area contributed by atoms with Crippen LogP contribution in [0.2, 0.25) is 0 Å². The first-order chi connectivity index (χ1) is 18.1. The van der Waals surface area contributed by atoms with Crippen molar-refractivity contribution in [3.63, 3.8) is 0 Å². The van der Waals surface area contributed by atoms with Crippen molar-refractivity contribution >= 4 is 21.6 Å². The van der Waals surface area contributed by atoms with Gasteiger partial charge in [0.15, 0.2) is 10.8 Å². The van der Waals surface area contributed by atoms with Crippen LogP contribution in [0.1, 0.15) is 29.8 Å². The van der Waals surface area contributed by atoms with Crippen molar-refractivity contribution in [1.29, 1.82) is 0 Å². The standard InChI is InChI=1S/C26H34N6O5S/c1-18-12-32(19(2)16-33)26(34)21-6-5-7-22(29-38(35,36)24-15-31(4)17-28-24)25(21)37-23(18)14-30(3)13-20-8-10-27-11-9-20/h5-11,15,17-19,23,29,33H,12-14,16H2,1-4H3/t18-,19+,23+/m0/s1. The Morgan fingerprint density at radius 2 is 2.00 bits per heavy atom. The second kappa shape index (κ2) is 11.5. The number of fused-ring (bicyclic) bond motifs is 1. The Balaban J connectivity index is 1.71. The van der Waals surface area contributed by atoms with E-state index in [2.05, 4.69) is 19.6 Å². The number of aliphatic hydroxyl groups is 1. The first-order valence-electron chi connectivity index (χ1n) is 12.4. The van der Waals surface area contributed by atoms with Crippen molar-refractivity contribution in [2.24, 2.45) is 13.0 Å². The highest BCUT2D eigenvalue weighted by atomic mass is 32.2. The molecule has 11 nitrogen and oxygen atoms in total. The number of carbonyl (C=O) groups excluding carboxylic acids is 1. The van der Waals surface area contributed by atoms with Gasteiger partial charge in [-0.2, -0.15) is 8.42 Å². The summed E-state index contributed by atoms with van der Waals surface area (Å²) in [5.41, 5.74) is 1.46. The van der Waals surface area contributed by atoms with Crippen LogP contribution in [-0.4, -0.2) is 82.7 Å². The van der Waals surface area contributed by atoms with E-state index in [4.69, 9.17) is 4.74 Å². The molecule has 0 spiro atoms. The van der Waals surface area contributed by atoms with Gasteiger partial charge in [0.25, 0.3) is 15.9 Å². The Bertz CT molecular complexity index is 1360. The molecule has 0 aliphatic carbocycles. The number of aliphatic hydroxyl groups excluding tert-OH is 1. The molecule has 1 aliphatic heterocycles. The molecule has 0 saturated carbocycles. The van der Waals surface area contributed by atoms with Gasteiger partial charge >= 0.3 is 0 Å². The number of aromatic nitrogens is 3. The van der Waals surface area contributed by atoms with Gasteiger partial charge in [-0.25, -0.2) is 4.98 Å². The van der Waals surface area contributed by atoms with Crippen LogP contribution in [0.5, 0.6) is 5.75 Å². The third-order valence-electron chi connectivity index (χ3n) is 6.59. The Hall–Kier alpha value is -3.48. The van der Waals surface area contributed by atoms with Gasteiger partial charge in [0.1, 0.15) is 6.10 Å². The number of ether oxygens (including phenoxy) is 1. The summed E-state index contributed by atoms with van der Waals surface area (Å²) in [5.74, 6) is -0.307. The SMILES string of the molecule is C[C@H](CO)N1C[C@H](C)[C@@H](CN(C)Cc2ccncc2)Oc2c(NS(=O)(=O)c3cn(C)cn3)cccc2C1=O. The molecule has 1 aliphatic rings. The monoisotopic (exact) mass is 542 g/mol. The fraction of sp³-hybridized carbons (Fsp3) is 0.423. The molecule has 1 amide bonds. The molecule has 2 aromatic heterocycles. The number of nitrogens with zero attached hydrogens (tertiary/aromatic N) is 5. The van der Waals surface area contributed by atoms with Gasteiger partial charge in [0, 0.05) is 51.2 Å². The second-order valence-corrected chi connectivity index (χ2v) is 11.5. The third-order valence-corrected chi connectivity index (χ3v) is 7.84. The maximum Gasteiger partial charge on any atom is 0.281 e. The topological polar surface area (TPSA) is 130 Å². The third kappa shape index (κ3) is 6.14. The zero-order chi connectivity index (χ0) is 27.4. The lowest BCUT2D eigenvalue weighted by molar-refractivity contribution is 0.0344. The van der Waals surface area contributed by atoms with Crippen molar-refractivity contribution in [1.82, 2.24) is 24.3 Å². The number of sulfonamides is 1. The van der Waals surface area contributed by atoms with E-state index < -0.39 is 16.1 Å². The number of rotatable bonds is 9. The molecule has 2 N–H and O–H groups in total. The highest BCUT2D eigenvalue weighted by molar-refractivity contribution is 7.92. The number of para-hydroxylation sites is 1. The van der Waals surface area contributed by atoms with E-state index >= 15 is 0 Å². The van der Waals surface area contributed by atoms with Crippen LogP contribution in [0.15, 0.2) is 60.3 Å². The van der Waals surface area contributed by atoms with Crippen molar-refractivity contribution in [2.45, 2.75) is 37.6 Å². The number of benzene rings is 1. The molecular formula is C26H34N6O5S. The summed E-state index contributed by atoms with van der Waals surface area (Å²) in [6.45, 7) is 5.11. The average Bonchev–Trinajstić information content (AvgIpc) is 3.34. The lowest BCUT2D eigenvalue weighted by atomic mass is 9.99. The fourth-order valence-corrected chi connectivity index (χ4v) is 5.48. The maximum atomic E-state index is 13.6. The molecule has 3 aromatic rings. The Labute approximate surface area is 223 Å². The summed E-state index contributed by atoms with van der Waals surface area (Å²) >= 11 is 0. The molecular weight excluding hydrogens is 508 g/mol. The van der Waals surface area contributed by atoms with Gasteiger partial charge in [0.05, 0.1) is 30.2 Å². The number of carbonyl (C=O) groups is 1. The molecule has 0 saturated heterocycles. The number of anilines is 1. The van der Waals surface area contributed by atoms with E-state index in [0.29, 0.717) is 19.6 Å². The molecule has 38 heavy (non-hydrogen) atoms. The van der Waals surface area contributed by atoms with E-state index in [-0.39, 0.29) is 46.6 Å². The Morgan fingerprint density at radius 1 is 1.26 bits per heavy atom. The van der Waals surface area contributed by atoms with Crippen LogP contribution in [0, 0.1) is 5.92 Å². The van der Waals surface area contributed by atoms with E-state index in [1.54, 1.807) is 49.5 Å². The Kier molecular flexibility index (Phi) is 8.34. The number of nitrogens with one attached hydrogen (secondary N) is 1. The van der Waals surface area contributed by atoms with Gasteiger partial charge in [-0.15, -0.1) is 0 Å². The molecule has 204 valence electrons.